The van der Waals surface area contributed by atoms with Crippen molar-refractivity contribution in [1.82, 2.24) is 5.32 Å². The molecular weight excluding hydrogens is 314 g/mol. The molecule has 0 radical (unpaired) electrons. The van der Waals surface area contributed by atoms with Gasteiger partial charge in [0.2, 0.25) is 0 Å². The number of hydrogen-bond donors (Lipinski definition) is 2. The number of hydrogen-bond acceptors (Lipinski definition) is 3. The highest BCUT2D eigenvalue weighted by atomic mass is 16.5. The number of methoxy groups -OCH3 is 1. The second-order valence-corrected chi connectivity index (χ2v) is 5.94. The molecule has 0 aromatic heterocycles. The molecule has 0 heterocycles. The van der Waals surface area contributed by atoms with Crippen LogP contribution in [0.4, 0.5) is 0 Å². The highest BCUT2D eigenvalue weighted by Crippen LogP contribution is 2.14. The van der Waals surface area contributed by atoms with Crippen LogP contribution in [0.3, 0.4) is 0 Å². The van der Waals surface area contributed by atoms with Crippen molar-refractivity contribution >= 4 is 5.96 Å². The Labute approximate surface area is 149 Å². The molecule has 0 aliphatic rings. The zero-order valence-electron chi connectivity index (χ0n) is 14.9. The molecule has 0 amide bonds. The van der Waals surface area contributed by atoms with Gasteiger partial charge in [-0.1, -0.05) is 42.5 Å². The smallest absolute Gasteiger partial charge is 0.188 e. The molecule has 3 N–H and O–H groups in total. The Morgan fingerprint density at radius 2 is 1.80 bits per heavy atom. The van der Waals surface area contributed by atoms with E-state index in [0.29, 0.717) is 25.7 Å². The molecule has 2 rings (SSSR count). The van der Waals surface area contributed by atoms with E-state index in [-0.39, 0.29) is 6.04 Å². The first-order valence-electron chi connectivity index (χ1n) is 8.48. The first-order valence-corrected chi connectivity index (χ1v) is 8.48. The van der Waals surface area contributed by atoms with Gasteiger partial charge in [0, 0.05) is 19.7 Å². The van der Waals surface area contributed by atoms with Crippen LogP contribution in [0.1, 0.15) is 18.1 Å². The summed E-state index contributed by atoms with van der Waals surface area (Å²) in [4.78, 5) is 4.34. The summed E-state index contributed by atoms with van der Waals surface area (Å²) in [5.74, 6) is 1.32. The number of guanidine groups is 1. The van der Waals surface area contributed by atoms with E-state index < -0.39 is 0 Å². The number of nitrogens with zero attached hydrogens (tertiary/aromatic N) is 1. The zero-order valence-corrected chi connectivity index (χ0v) is 14.9. The molecule has 1 atom stereocenters. The Morgan fingerprint density at radius 1 is 1.08 bits per heavy atom. The van der Waals surface area contributed by atoms with Gasteiger partial charge in [0.05, 0.1) is 6.61 Å². The minimum Gasteiger partial charge on any atom is -0.489 e. The summed E-state index contributed by atoms with van der Waals surface area (Å²) < 4.78 is 10.8. The number of ether oxygens (including phenoxy) is 2. The van der Waals surface area contributed by atoms with Crippen molar-refractivity contribution in [3.63, 3.8) is 0 Å². The maximum absolute atomic E-state index is 5.85. The molecule has 0 bridgehead atoms. The fraction of sp³-hybridized carbons (Fsp3) is 0.350. The maximum atomic E-state index is 5.85. The van der Waals surface area contributed by atoms with Crippen LogP contribution in [0.5, 0.6) is 5.75 Å². The van der Waals surface area contributed by atoms with E-state index in [0.717, 1.165) is 17.7 Å². The molecule has 134 valence electrons. The van der Waals surface area contributed by atoms with Crippen molar-refractivity contribution in [3.05, 3.63) is 65.7 Å². The minimum atomic E-state index is 0.148. The number of nitrogens with two attached hydrogens (primary N) is 1. The van der Waals surface area contributed by atoms with Crippen LogP contribution in [-0.2, 0) is 17.8 Å². The molecular formula is C20H27N3O2. The van der Waals surface area contributed by atoms with Crippen LogP contribution in [0.2, 0.25) is 0 Å². The van der Waals surface area contributed by atoms with Gasteiger partial charge < -0.3 is 20.5 Å². The van der Waals surface area contributed by atoms with Gasteiger partial charge in [0.25, 0.3) is 0 Å². The van der Waals surface area contributed by atoms with Crippen molar-refractivity contribution in [3.8, 4) is 5.75 Å². The van der Waals surface area contributed by atoms with Crippen molar-refractivity contribution in [2.24, 2.45) is 10.7 Å². The quantitative estimate of drug-likeness (QED) is 0.543. The van der Waals surface area contributed by atoms with Gasteiger partial charge >= 0.3 is 0 Å². The van der Waals surface area contributed by atoms with E-state index in [9.17, 15) is 0 Å². The molecule has 0 fully saturated rings. The predicted octanol–water partition coefficient (Wildman–Crippen LogP) is 2.75. The summed E-state index contributed by atoms with van der Waals surface area (Å²) in [6.07, 6.45) is 0.833. The lowest BCUT2D eigenvalue weighted by atomic mass is 10.1. The standard InChI is InChI=1S/C20H27N3O2/c1-16(14-24-2)23-20(21)22-13-12-17-8-10-19(11-9-17)25-15-18-6-4-3-5-7-18/h3-11,16H,12-15H2,1-2H3,(H3,21,22,23). The summed E-state index contributed by atoms with van der Waals surface area (Å²) in [7, 11) is 1.67. The average Bonchev–Trinajstić information content (AvgIpc) is 2.62. The molecule has 0 aliphatic heterocycles. The molecule has 0 saturated carbocycles. The monoisotopic (exact) mass is 341 g/mol. The molecule has 0 spiro atoms. The number of aliphatic imine (C=N–C) groups is 1. The molecule has 2 aromatic rings. The fourth-order valence-electron chi connectivity index (χ4n) is 2.39. The number of nitrogens with one attached hydrogen (secondary N) is 1. The van der Waals surface area contributed by atoms with Crippen LogP contribution >= 0.6 is 0 Å². The predicted molar refractivity (Wildman–Crippen MR) is 102 cm³/mol. The average molecular weight is 341 g/mol. The van der Waals surface area contributed by atoms with E-state index in [1.54, 1.807) is 7.11 Å². The van der Waals surface area contributed by atoms with Gasteiger partial charge in [-0.3, -0.25) is 4.99 Å². The lowest BCUT2D eigenvalue weighted by Gasteiger charge is -2.13. The van der Waals surface area contributed by atoms with E-state index in [1.807, 2.05) is 37.3 Å². The first kappa shape index (κ1) is 18.8. The lowest BCUT2D eigenvalue weighted by molar-refractivity contribution is 0.179. The minimum absolute atomic E-state index is 0.148. The third-order valence-electron chi connectivity index (χ3n) is 3.67. The van der Waals surface area contributed by atoms with Crippen LogP contribution in [0.15, 0.2) is 59.6 Å². The van der Waals surface area contributed by atoms with Gasteiger partial charge in [-0.2, -0.15) is 0 Å². The highest BCUT2D eigenvalue weighted by molar-refractivity contribution is 5.78. The summed E-state index contributed by atoms with van der Waals surface area (Å²) in [6, 6.07) is 18.4. The van der Waals surface area contributed by atoms with E-state index in [4.69, 9.17) is 15.2 Å². The maximum Gasteiger partial charge on any atom is 0.188 e. The van der Waals surface area contributed by atoms with Crippen LogP contribution in [0, 0.1) is 0 Å². The Balaban J connectivity index is 1.74. The normalized spacial score (nSPS) is 12.6. The zero-order chi connectivity index (χ0) is 17.9. The van der Waals surface area contributed by atoms with Crippen molar-refractivity contribution in [2.75, 3.05) is 20.3 Å². The Kier molecular flexibility index (Phi) is 7.79. The molecule has 5 heteroatoms. The van der Waals surface area contributed by atoms with Crippen LogP contribution < -0.4 is 15.8 Å². The summed E-state index contributed by atoms with van der Waals surface area (Å²) >= 11 is 0. The Morgan fingerprint density at radius 3 is 2.48 bits per heavy atom. The molecule has 2 aromatic carbocycles. The molecule has 0 saturated heterocycles. The second kappa shape index (κ2) is 10.4. The first-order chi connectivity index (χ1) is 12.2. The van der Waals surface area contributed by atoms with Gasteiger partial charge in [-0.05, 0) is 36.6 Å². The number of benzene rings is 2. The molecule has 5 nitrogen and oxygen atoms in total. The molecule has 0 aliphatic carbocycles. The van der Waals surface area contributed by atoms with Gasteiger partial charge in [0.15, 0.2) is 5.96 Å². The highest BCUT2D eigenvalue weighted by Gasteiger charge is 2.01. The molecule has 1 unspecified atom stereocenters. The second-order valence-electron chi connectivity index (χ2n) is 5.94. The third-order valence-corrected chi connectivity index (χ3v) is 3.67. The van der Waals surface area contributed by atoms with E-state index >= 15 is 0 Å². The van der Waals surface area contributed by atoms with Gasteiger partial charge in [0.1, 0.15) is 12.4 Å². The largest absolute Gasteiger partial charge is 0.489 e. The van der Waals surface area contributed by atoms with Gasteiger partial charge in [-0.25, -0.2) is 0 Å². The summed E-state index contributed by atoms with van der Waals surface area (Å²) in [5, 5.41) is 3.09. The van der Waals surface area contributed by atoms with Crippen molar-refractivity contribution < 1.29 is 9.47 Å². The topological polar surface area (TPSA) is 68.9 Å². The van der Waals surface area contributed by atoms with E-state index in [2.05, 4.69) is 34.6 Å². The molecule has 25 heavy (non-hydrogen) atoms. The fourth-order valence-corrected chi connectivity index (χ4v) is 2.39. The SMILES string of the molecule is COCC(C)NC(N)=NCCc1ccc(OCc2ccccc2)cc1. The van der Waals surface area contributed by atoms with Crippen LogP contribution in [-0.4, -0.2) is 32.3 Å². The lowest BCUT2D eigenvalue weighted by Crippen LogP contribution is -2.40. The summed E-state index contributed by atoms with van der Waals surface area (Å²) in [6.45, 7) is 3.82. The summed E-state index contributed by atoms with van der Waals surface area (Å²) in [5.41, 5.74) is 8.21. The number of rotatable bonds is 9. The third kappa shape index (κ3) is 7.27. The van der Waals surface area contributed by atoms with Crippen molar-refractivity contribution in [1.29, 1.82) is 0 Å². The Bertz CT molecular complexity index is 642. The van der Waals surface area contributed by atoms with E-state index in [1.165, 1.54) is 5.56 Å². The van der Waals surface area contributed by atoms with Gasteiger partial charge in [-0.15, -0.1) is 0 Å². The Hall–Kier alpha value is -2.53. The van der Waals surface area contributed by atoms with Crippen LogP contribution in [0.25, 0.3) is 0 Å². The van der Waals surface area contributed by atoms with Crippen molar-refractivity contribution in [2.45, 2.75) is 26.0 Å².